The van der Waals surface area contributed by atoms with Crippen LogP contribution in [0.2, 0.25) is 0 Å². The van der Waals surface area contributed by atoms with Crippen LogP contribution >= 0.6 is 0 Å². The highest BCUT2D eigenvalue weighted by Crippen LogP contribution is 2.15. The van der Waals surface area contributed by atoms with Crippen molar-refractivity contribution in [1.82, 2.24) is 20.6 Å². The second-order valence-electron chi connectivity index (χ2n) is 5.49. The molecule has 0 radical (unpaired) electrons. The lowest BCUT2D eigenvalue weighted by molar-refractivity contribution is -0.141. The van der Waals surface area contributed by atoms with E-state index in [1.165, 1.54) is 6.33 Å². The highest BCUT2D eigenvalue weighted by molar-refractivity contribution is 5.83. The van der Waals surface area contributed by atoms with Crippen molar-refractivity contribution in [3.8, 4) is 0 Å². The first-order chi connectivity index (χ1) is 10.1. The minimum absolute atomic E-state index is 0.201. The van der Waals surface area contributed by atoms with Gasteiger partial charge < -0.3 is 20.7 Å². The predicted octanol–water partition coefficient (Wildman–Crippen LogP) is 0.301. The van der Waals surface area contributed by atoms with Crippen LogP contribution in [0.5, 0.6) is 0 Å². The predicted molar refractivity (Wildman–Crippen MR) is 76.7 cm³/mol. The second-order valence-corrected chi connectivity index (χ2v) is 5.49. The molecule has 1 fully saturated rings. The van der Waals surface area contributed by atoms with Crippen molar-refractivity contribution in [2.24, 2.45) is 5.92 Å². The maximum atomic E-state index is 11.9. The molecule has 0 aromatic carbocycles. The molecule has 1 aliphatic heterocycles. The van der Waals surface area contributed by atoms with Gasteiger partial charge in [0.2, 0.25) is 5.91 Å². The second kappa shape index (κ2) is 7.78. The summed E-state index contributed by atoms with van der Waals surface area (Å²) in [6, 6.07) is -0.914. The monoisotopic (exact) mass is 294 g/mol. The summed E-state index contributed by atoms with van der Waals surface area (Å²) < 4.78 is 0. The zero-order valence-electron chi connectivity index (χ0n) is 12.0. The third-order valence-electron chi connectivity index (χ3n) is 3.79. The van der Waals surface area contributed by atoms with Crippen molar-refractivity contribution >= 4 is 11.9 Å². The minimum Gasteiger partial charge on any atom is -0.480 e. The van der Waals surface area contributed by atoms with Gasteiger partial charge in [-0.1, -0.05) is 0 Å². The number of carboxylic acid groups (broad SMARTS) is 1. The zero-order valence-corrected chi connectivity index (χ0v) is 12.0. The quantitative estimate of drug-likeness (QED) is 0.578. The van der Waals surface area contributed by atoms with E-state index in [1.807, 2.05) is 0 Å². The van der Waals surface area contributed by atoms with Gasteiger partial charge in [0.05, 0.1) is 6.33 Å². The topological polar surface area (TPSA) is 107 Å². The van der Waals surface area contributed by atoms with E-state index in [0.717, 1.165) is 32.4 Å². The highest BCUT2D eigenvalue weighted by atomic mass is 16.4. The number of imidazole rings is 1. The molecule has 0 saturated carbocycles. The van der Waals surface area contributed by atoms with Gasteiger partial charge >= 0.3 is 5.97 Å². The summed E-state index contributed by atoms with van der Waals surface area (Å²) in [6.07, 6.45) is 6.73. The third kappa shape index (κ3) is 5.18. The van der Waals surface area contributed by atoms with Crippen LogP contribution in [0.4, 0.5) is 0 Å². The number of carbonyl (C=O) groups is 2. The van der Waals surface area contributed by atoms with Gasteiger partial charge in [-0.15, -0.1) is 0 Å². The van der Waals surface area contributed by atoms with E-state index < -0.39 is 12.0 Å². The normalized spacial score (nSPS) is 19.9. The molecule has 7 nitrogen and oxygen atoms in total. The molecule has 1 unspecified atom stereocenters. The summed E-state index contributed by atoms with van der Waals surface area (Å²) in [6.45, 7) is 2.00. The van der Waals surface area contributed by atoms with Crippen LogP contribution in [-0.4, -0.2) is 46.1 Å². The Bertz CT molecular complexity index is 455. The fourth-order valence-corrected chi connectivity index (χ4v) is 2.59. The highest BCUT2D eigenvalue weighted by Gasteiger charge is 2.22. The largest absolute Gasteiger partial charge is 0.480 e. The lowest BCUT2D eigenvalue weighted by Crippen LogP contribution is -2.42. The average Bonchev–Trinajstić information content (AvgIpc) is 2.98. The standard InChI is InChI=1S/C14H22N4O3/c19-13(4-3-10-2-1-5-15-7-10)18-12(14(20)21)6-11-8-16-9-17-11/h8-10,12,15H,1-7H2,(H,16,17)(H,18,19)(H,20,21)/t10?,12-/m0/s1. The molecule has 116 valence electrons. The smallest absolute Gasteiger partial charge is 0.326 e. The number of piperidine rings is 1. The number of carboxylic acids is 1. The van der Waals surface area contributed by atoms with Crippen LogP contribution in [0.1, 0.15) is 31.4 Å². The molecule has 1 aromatic rings. The lowest BCUT2D eigenvalue weighted by Gasteiger charge is -2.22. The Hall–Kier alpha value is -1.89. The summed E-state index contributed by atoms with van der Waals surface area (Å²) >= 11 is 0. The van der Waals surface area contributed by atoms with E-state index in [2.05, 4.69) is 20.6 Å². The van der Waals surface area contributed by atoms with Gasteiger partial charge in [0.15, 0.2) is 0 Å². The molecule has 2 heterocycles. The van der Waals surface area contributed by atoms with Crippen molar-refractivity contribution in [1.29, 1.82) is 0 Å². The van der Waals surface area contributed by atoms with Gasteiger partial charge in [-0.05, 0) is 38.3 Å². The molecule has 0 aliphatic carbocycles. The van der Waals surface area contributed by atoms with Crippen molar-refractivity contribution < 1.29 is 14.7 Å². The number of aliphatic carboxylic acids is 1. The van der Waals surface area contributed by atoms with Crippen molar-refractivity contribution in [2.45, 2.75) is 38.1 Å². The van der Waals surface area contributed by atoms with Gasteiger partial charge in [-0.2, -0.15) is 0 Å². The van der Waals surface area contributed by atoms with E-state index in [9.17, 15) is 14.7 Å². The number of nitrogens with zero attached hydrogens (tertiary/aromatic N) is 1. The minimum atomic E-state index is -1.03. The number of amides is 1. The summed E-state index contributed by atoms with van der Waals surface area (Å²) in [7, 11) is 0. The van der Waals surface area contributed by atoms with Crippen LogP contribution in [0.25, 0.3) is 0 Å². The summed E-state index contributed by atoms with van der Waals surface area (Å²) in [5.74, 6) is -0.717. The first kappa shape index (κ1) is 15.5. The first-order valence-electron chi connectivity index (χ1n) is 7.35. The van der Waals surface area contributed by atoms with Crippen molar-refractivity contribution in [3.05, 3.63) is 18.2 Å². The van der Waals surface area contributed by atoms with Gasteiger partial charge in [-0.3, -0.25) is 4.79 Å². The number of carbonyl (C=O) groups excluding carboxylic acids is 1. The van der Waals surface area contributed by atoms with E-state index in [1.54, 1.807) is 6.20 Å². The van der Waals surface area contributed by atoms with Crippen LogP contribution in [0.15, 0.2) is 12.5 Å². The molecule has 7 heteroatoms. The number of hydrogen-bond donors (Lipinski definition) is 4. The molecule has 1 aromatic heterocycles. The number of aromatic amines is 1. The number of aromatic nitrogens is 2. The number of hydrogen-bond acceptors (Lipinski definition) is 4. The molecule has 1 aliphatic rings. The Kier molecular flexibility index (Phi) is 5.74. The number of nitrogens with one attached hydrogen (secondary N) is 3. The fraction of sp³-hybridized carbons (Fsp3) is 0.643. The molecule has 2 atom stereocenters. The van der Waals surface area contributed by atoms with Gasteiger partial charge in [0, 0.05) is 24.7 Å². The summed E-state index contributed by atoms with van der Waals surface area (Å²) in [4.78, 5) is 29.8. The Labute approximate surface area is 123 Å². The molecule has 2 rings (SSSR count). The number of H-pyrrole nitrogens is 1. The first-order valence-corrected chi connectivity index (χ1v) is 7.35. The maximum Gasteiger partial charge on any atom is 0.326 e. The van der Waals surface area contributed by atoms with Crippen LogP contribution in [0.3, 0.4) is 0 Å². The van der Waals surface area contributed by atoms with E-state index in [4.69, 9.17) is 0 Å². The third-order valence-corrected chi connectivity index (χ3v) is 3.79. The Morgan fingerprint density at radius 1 is 1.52 bits per heavy atom. The molecule has 1 amide bonds. The Morgan fingerprint density at radius 2 is 2.38 bits per heavy atom. The molecule has 0 bridgehead atoms. The van der Waals surface area contributed by atoms with Crippen LogP contribution in [-0.2, 0) is 16.0 Å². The maximum absolute atomic E-state index is 11.9. The SMILES string of the molecule is O=C(CCC1CCCNC1)N[C@@H](Cc1cnc[nH]1)C(=O)O. The van der Waals surface area contributed by atoms with Gasteiger partial charge in [-0.25, -0.2) is 9.78 Å². The van der Waals surface area contributed by atoms with Crippen molar-refractivity contribution in [3.63, 3.8) is 0 Å². The summed E-state index contributed by atoms with van der Waals surface area (Å²) in [5.41, 5.74) is 0.694. The average molecular weight is 294 g/mol. The Morgan fingerprint density at radius 3 is 3.00 bits per heavy atom. The van der Waals surface area contributed by atoms with E-state index in [0.29, 0.717) is 18.0 Å². The molecule has 1 saturated heterocycles. The molecular formula is C14H22N4O3. The van der Waals surface area contributed by atoms with E-state index in [-0.39, 0.29) is 12.3 Å². The van der Waals surface area contributed by atoms with E-state index >= 15 is 0 Å². The molecule has 0 spiro atoms. The van der Waals surface area contributed by atoms with Gasteiger partial charge in [0.1, 0.15) is 6.04 Å². The molecular weight excluding hydrogens is 272 g/mol. The molecule has 4 N–H and O–H groups in total. The zero-order chi connectivity index (χ0) is 15.1. The molecule has 21 heavy (non-hydrogen) atoms. The fourth-order valence-electron chi connectivity index (χ4n) is 2.59. The lowest BCUT2D eigenvalue weighted by atomic mass is 9.94. The summed E-state index contributed by atoms with van der Waals surface area (Å²) in [5, 5.41) is 15.1. The van der Waals surface area contributed by atoms with Crippen LogP contribution < -0.4 is 10.6 Å². The van der Waals surface area contributed by atoms with Gasteiger partial charge in [0.25, 0.3) is 0 Å². The Balaban J connectivity index is 1.76. The number of rotatable bonds is 7. The van der Waals surface area contributed by atoms with Crippen LogP contribution in [0, 0.1) is 5.92 Å². The van der Waals surface area contributed by atoms with Crippen molar-refractivity contribution in [2.75, 3.05) is 13.1 Å².